The Kier molecular flexibility index (Phi) is 3.59. The SMILES string of the molecule is CC(Br)C1(Cc2ccc([N+](=O)[O-])cc2Br)CC1. The number of non-ortho nitro benzene ring substituents is 1. The fourth-order valence-electron chi connectivity index (χ4n) is 2.05. The summed E-state index contributed by atoms with van der Waals surface area (Å²) in [6, 6.07) is 5.02. The van der Waals surface area contributed by atoms with Crippen molar-refractivity contribution in [2.75, 3.05) is 0 Å². The second-order valence-electron chi connectivity index (χ2n) is 4.69. The molecule has 0 saturated heterocycles. The molecule has 17 heavy (non-hydrogen) atoms. The molecule has 1 atom stereocenters. The molecular formula is C12H13Br2NO2. The van der Waals surface area contributed by atoms with Crippen LogP contribution in [0.3, 0.4) is 0 Å². The molecule has 1 aromatic carbocycles. The van der Waals surface area contributed by atoms with Crippen molar-refractivity contribution in [2.45, 2.75) is 31.0 Å². The van der Waals surface area contributed by atoms with Crippen LogP contribution in [-0.4, -0.2) is 9.75 Å². The van der Waals surface area contributed by atoms with Gasteiger partial charge >= 0.3 is 0 Å². The van der Waals surface area contributed by atoms with E-state index < -0.39 is 0 Å². The van der Waals surface area contributed by atoms with Gasteiger partial charge < -0.3 is 0 Å². The summed E-state index contributed by atoms with van der Waals surface area (Å²) in [6.45, 7) is 2.17. The lowest BCUT2D eigenvalue weighted by Crippen LogP contribution is -2.15. The quantitative estimate of drug-likeness (QED) is 0.450. The summed E-state index contributed by atoms with van der Waals surface area (Å²) in [7, 11) is 0. The fraction of sp³-hybridized carbons (Fsp3) is 0.500. The van der Waals surface area contributed by atoms with E-state index in [1.54, 1.807) is 12.1 Å². The van der Waals surface area contributed by atoms with E-state index in [2.05, 4.69) is 38.8 Å². The second-order valence-corrected chi connectivity index (χ2v) is 6.92. The zero-order chi connectivity index (χ0) is 12.6. The van der Waals surface area contributed by atoms with Gasteiger partial charge in [-0.2, -0.15) is 0 Å². The maximum atomic E-state index is 10.6. The molecule has 1 fully saturated rings. The van der Waals surface area contributed by atoms with Gasteiger partial charge in [-0.1, -0.05) is 44.8 Å². The monoisotopic (exact) mass is 361 g/mol. The third-order valence-electron chi connectivity index (χ3n) is 3.53. The molecule has 1 aliphatic carbocycles. The molecule has 0 bridgehead atoms. The Morgan fingerprint density at radius 2 is 2.18 bits per heavy atom. The molecule has 0 N–H and O–H groups in total. The normalized spacial score (nSPS) is 18.8. The number of alkyl halides is 1. The molecule has 92 valence electrons. The number of benzene rings is 1. The van der Waals surface area contributed by atoms with Crippen LogP contribution in [0.5, 0.6) is 0 Å². The molecule has 5 heteroatoms. The van der Waals surface area contributed by atoms with Gasteiger partial charge in [0.15, 0.2) is 0 Å². The van der Waals surface area contributed by atoms with Crippen molar-refractivity contribution >= 4 is 37.5 Å². The van der Waals surface area contributed by atoms with Gasteiger partial charge in [0.1, 0.15) is 0 Å². The summed E-state index contributed by atoms with van der Waals surface area (Å²) in [5.41, 5.74) is 1.63. The summed E-state index contributed by atoms with van der Waals surface area (Å²) < 4.78 is 0.839. The second kappa shape index (κ2) is 4.69. The van der Waals surface area contributed by atoms with E-state index in [-0.39, 0.29) is 10.6 Å². The van der Waals surface area contributed by atoms with Gasteiger partial charge in [-0.15, -0.1) is 0 Å². The number of hydrogen-bond acceptors (Lipinski definition) is 2. The van der Waals surface area contributed by atoms with Crippen LogP contribution in [0.25, 0.3) is 0 Å². The maximum Gasteiger partial charge on any atom is 0.270 e. The lowest BCUT2D eigenvalue weighted by molar-refractivity contribution is -0.384. The van der Waals surface area contributed by atoms with E-state index in [1.165, 1.54) is 12.8 Å². The highest BCUT2D eigenvalue weighted by Crippen LogP contribution is 2.54. The minimum absolute atomic E-state index is 0.136. The van der Waals surface area contributed by atoms with Gasteiger partial charge in [0.05, 0.1) is 4.92 Å². The predicted octanol–water partition coefficient (Wildman–Crippen LogP) is 4.46. The van der Waals surface area contributed by atoms with Crippen LogP contribution in [0.2, 0.25) is 0 Å². The first-order chi connectivity index (χ1) is 7.94. The Balaban J connectivity index is 2.20. The summed E-state index contributed by atoms with van der Waals surface area (Å²) >= 11 is 7.08. The van der Waals surface area contributed by atoms with Crippen LogP contribution >= 0.6 is 31.9 Å². The average Bonchev–Trinajstić information content (AvgIpc) is 3.02. The minimum atomic E-state index is -0.367. The number of rotatable bonds is 4. The van der Waals surface area contributed by atoms with Crippen LogP contribution in [-0.2, 0) is 6.42 Å². The molecule has 1 unspecified atom stereocenters. The highest BCUT2D eigenvalue weighted by atomic mass is 79.9. The topological polar surface area (TPSA) is 43.1 Å². The van der Waals surface area contributed by atoms with E-state index in [4.69, 9.17) is 0 Å². The van der Waals surface area contributed by atoms with Crippen molar-refractivity contribution < 1.29 is 4.92 Å². The molecular weight excluding hydrogens is 350 g/mol. The van der Waals surface area contributed by atoms with Crippen molar-refractivity contribution in [1.82, 2.24) is 0 Å². The van der Waals surface area contributed by atoms with Gasteiger partial charge in [0, 0.05) is 21.4 Å². The smallest absolute Gasteiger partial charge is 0.258 e. The van der Waals surface area contributed by atoms with Gasteiger partial charge in [-0.05, 0) is 30.2 Å². The Morgan fingerprint density at radius 3 is 2.59 bits per heavy atom. The Labute approximate surface area is 117 Å². The Morgan fingerprint density at radius 1 is 1.53 bits per heavy atom. The molecule has 0 aromatic heterocycles. The van der Waals surface area contributed by atoms with Crippen molar-refractivity contribution in [1.29, 1.82) is 0 Å². The summed E-state index contributed by atoms with van der Waals surface area (Å²) in [5.74, 6) is 0. The van der Waals surface area contributed by atoms with Crippen LogP contribution in [0.15, 0.2) is 22.7 Å². The predicted molar refractivity (Wildman–Crippen MR) is 74.6 cm³/mol. The molecule has 0 radical (unpaired) electrons. The first kappa shape index (κ1) is 13.0. The molecule has 0 heterocycles. The third-order valence-corrected chi connectivity index (χ3v) is 5.24. The molecule has 1 aliphatic rings. The van der Waals surface area contributed by atoms with Crippen molar-refractivity contribution in [2.24, 2.45) is 5.41 Å². The molecule has 0 amide bonds. The summed E-state index contributed by atoms with van der Waals surface area (Å²) in [6.07, 6.45) is 3.42. The summed E-state index contributed by atoms with van der Waals surface area (Å²) in [5, 5.41) is 10.6. The van der Waals surface area contributed by atoms with Crippen molar-refractivity contribution in [3.8, 4) is 0 Å². The maximum absolute atomic E-state index is 10.6. The molecule has 0 spiro atoms. The van der Waals surface area contributed by atoms with E-state index in [1.807, 2.05) is 6.07 Å². The zero-order valence-electron chi connectivity index (χ0n) is 9.45. The van der Waals surface area contributed by atoms with Gasteiger partial charge in [-0.25, -0.2) is 0 Å². The van der Waals surface area contributed by atoms with Gasteiger partial charge in [0.25, 0.3) is 5.69 Å². The first-order valence-corrected chi connectivity index (χ1v) is 7.22. The third kappa shape index (κ3) is 2.71. The molecule has 2 rings (SSSR count). The van der Waals surface area contributed by atoms with Crippen LogP contribution in [0.4, 0.5) is 5.69 Å². The number of nitro benzene ring substituents is 1. The molecule has 1 aromatic rings. The van der Waals surface area contributed by atoms with E-state index in [0.717, 1.165) is 16.5 Å². The summed E-state index contributed by atoms with van der Waals surface area (Å²) in [4.78, 5) is 10.8. The standard InChI is InChI=1S/C12H13Br2NO2/c1-8(13)12(4-5-12)7-9-2-3-10(15(16)17)6-11(9)14/h2-3,6,8H,4-5,7H2,1H3. The van der Waals surface area contributed by atoms with E-state index in [0.29, 0.717) is 10.2 Å². The fourth-order valence-corrected chi connectivity index (χ4v) is 3.17. The van der Waals surface area contributed by atoms with Crippen molar-refractivity contribution in [3.05, 3.63) is 38.3 Å². The molecule has 1 saturated carbocycles. The van der Waals surface area contributed by atoms with Crippen LogP contribution in [0.1, 0.15) is 25.3 Å². The highest BCUT2D eigenvalue weighted by Gasteiger charge is 2.46. The van der Waals surface area contributed by atoms with Crippen molar-refractivity contribution in [3.63, 3.8) is 0 Å². The van der Waals surface area contributed by atoms with Crippen LogP contribution < -0.4 is 0 Å². The average molecular weight is 363 g/mol. The van der Waals surface area contributed by atoms with E-state index >= 15 is 0 Å². The largest absolute Gasteiger partial charge is 0.270 e. The number of hydrogen-bond donors (Lipinski definition) is 0. The van der Waals surface area contributed by atoms with Gasteiger partial charge in [0.2, 0.25) is 0 Å². The molecule has 3 nitrogen and oxygen atoms in total. The number of nitro groups is 1. The highest BCUT2D eigenvalue weighted by molar-refractivity contribution is 9.10. The first-order valence-electron chi connectivity index (χ1n) is 5.51. The Hall–Kier alpha value is -0.420. The molecule has 0 aliphatic heterocycles. The Bertz CT molecular complexity index is 456. The number of nitrogens with zero attached hydrogens (tertiary/aromatic N) is 1. The minimum Gasteiger partial charge on any atom is -0.258 e. The number of halogens is 2. The lowest BCUT2D eigenvalue weighted by Gasteiger charge is -2.18. The van der Waals surface area contributed by atoms with Crippen LogP contribution in [0, 0.1) is 15.5 Å². The lowest BCUT2D eigenvalue weighted by atomic mass is 9.94. The van der Waals surface area contributed by atoms with Gasteiger partial charge in [-0.3, -0.25) is 10.1 Å². The zero-order valence-corrected chi connectivity index (χ0v) is 12.6. The van der Waals surface area contributed by atoms with E-state index in [9.17, 15) is 10.1 Å².